The summed E-state index contributed by atoms with van der Waals surface area (Å²) in [6.07, 6.45) is 3.12. The molecule has 0 aliphatic carbocycles. The standard InChI is InChI=1S/C30H29N9O3/c1-16-24(17(2)42-37-16)29(40)32-12-23-11-21-9-20(18-5-7-19(8-6-18)30(41)38(3)4)10-22(25(21)36-23)13-39-15-35-26-27(31)33-14-34-28(26)39/h5-11,14-15,36H,12-13H2,1-4H3,(H,32,40)(H2,31,33,34). The molecule has 0 aliphatic heterocycles. The van der Waals surface area contributed by atoms with E-state index in [0.29, 0.717) is 46.1 Å². The number of rotatable bonds is 7. The summed E-state index contributed by atoms with van der Waals surface area (Å²) in [5, 5.41) is 7.80. The first-order valence-corrected chi connectivity index (χ1v) is 13.3. The summed E-state index contributed by atoms with van der Waals surface area (Å²) in [7, 11) is 3.46. The van der Waals surface area contributed by atoms with E-state index in [9.17, 15) is 9.59 Å². The van der Waals surface area contributed by atoms with Crippen LogP contribution in [0, 0.1) is 13.8 Å². The maximum Gasteiger partial charge on any atom is 0.257 e. The van der Waals surface area contributed by atoms with Crippen LogP contribution in [0.5, 0.6) is 0 Å². The zero-order chi connectivity index (χ0) is 29.5. The van der Waals surface area contributed by atoms with Crippen molar-refractivity contribution in [1.82, 2.24) is 39.9 Å². The van der Waals surface area contributed by atoms with Crippen molar-refractivity contribution in [2.45, 2.75) is 26.9 Å². The van der Waals surface area contributed by atoms with Crippen molar-refractivity contribution in [3.05, 3.63) is 89.0 Å². The number of hydrogen-bond donors (Lipinski definition) is 3. The molecule has 0 bridgehead atoms. The molecule has 0 unspecified atom stereocenters. The monoisotopic (exact) mass is 563 g/mol. The lowest BCUT2D eigenvalue weighted by Crippen LogP contribution is -2.23. The molecule has 0 spiro atoms. The quantitative estimate of drug-likeness (QED) is 0.264. The molecule has 212 valence electrons. The number of benzene rings is 2. The largest absolute Gasteiger partial charge is 0.382 e. The average molecular weight is 564 g/mol. The highest BCUT2D eigenvalue weighted by atomic mass is 16.5. The van der Waals surface area contributed by atoms with Gasteiger partial charge < -0.3 is 30.0 Å². The number of nitrogens with zero attached hydrogens (tertiary/aromatic N) is 6. The number of aromatic nitrogens is 6. The lowest BCUT2D eigenvalue weighted by atomic mass is 9.99. The van der Waals surface area contributed by atoms with Gasteiger partial charge in [0.1, 0.15) is 23.2 Å². The Kier molecular flexibility index (Phi) is 6.65. The summed E-state index contributed by atoms with van der Waals surface area (Å²) < 4.78 is 7.06. The number of aromatic amines is 1. The van der Waals surface area contributed by atoms with E-state index in [1.165, 1.54) is 6.33 Å². The molecule has 4 N–H and O–H groups in total. The van der Waals surface area contributed by atoms with Crippen LogP contribution < -0.4 is 11.1 Å². The molecule has 2 aromatic carbocycles. The molecule has 42 heavy (non-hydrogen) atoms. The molecule has 12 nitrogen and oxygen atoms in total. The van der Waals surface area contributed by atoms with Gasteiger partial charge in [-0.15, -0.1) is 0 Å². The van der Waals surface area contributed by atoms with Gasteiger partial charge in [0.2, 0.25) is 0 Å². The Balaban J connectivity index is 1.38. The zero-order valence-electron chi connectivity index (χ0n) is 23.6. The summed E-state index contributed by atoms with van der Waals surface area (Å²) in [4.78, 5) is 43.1. The summed E-state index contributed by atoms with van der Waals surface area (Å²) in [5.74, 6) is 0.491. The van der Waals surface area contributed by atoms with Crippen LogP contribution in [0.1, 0.15) is 43.4 Å². The highest BCUT2D eigenvalue weighted by Gasteiger charge is 2.18. The minimum absolute atomic E-state index is 0.0557. The normalized spacial score (nSPS) is 11.3. The van der Waals surface area contributed by atoms with Gasteiger partial charge >= 0.3 is 0 Å². The second-order valence-corrected chi connectivity index (χ2v) is 10.4. The van der Waals surface area contributed by atoms with Gasteiger partial charge in [0.25, 0.3) is 11.8 Å². The lowest BCUT2D eigenvalue weighted by Gasteiger charge is -2.12. The maximum absolute atomic E-state index is 12.8. The fourth-order valence-electron chi connectivity index (χ4n) is 5.10. The van der Waals surface area contributed by atoms with Gasteiger partial charge in [0.15, 0.2) is 11.5 Å². The number of carbonyl (C=O) groups excluding carboxylic acids is 2. The van der Waals surface area contributed by atoms with E-state index in [-0.39, 0.29) is 18.4 Å². The molecule has 0 atom stereocenters. The average Bonchev–Trinajstić information content (AvgIpc) is 3.68. The van der Waals surface area contributed by atoms with Gasteiger partial charge in [-0.3, -0.25) is 9.59 Å². The number of nitrogens with one attached hydrogen (secondary N) is 2. The molecule has 0 saturated carbocycles. The Morgan fingerprint density at radius 2 is 1.83 bits per heavy atom. The third-order valence-corrected chi connectivity index (χ3v) is 7.21. The number of carbonyl (C=O) groups is 2. The van der Waals surface area contributed by atoms with E-state index >= 15 is 0 Å². The van der Waals surface area contributed by atoms with Gasteiger partial charge in [0, 0.05) is 30.7 Å². The van der Waals surface area contributed by atoms with Crippen molar-refractivity contribution < 1.29 is 14.1 Å². The number of amides is 2. The van der Waals surface area contributed by atoms with Crippen molar-refractivity contribution in [1.29, 1.82) is 0 Å². The van der Waals surface area contributed by atoms with Crippen LogP contribution in [0.2, 0.25) is 0 Å². The first kappa shape index (κ1) is 26.7. The number of fused-ring (bicyclic) bond motifs is 2. The Hall–Kier alpha value is -5.52. The molecule has 4 heterocycles. The van der Waals surface area contributed by atoms with Crippen LogP contribution in [0.15, 0.2) is 59.6 Å². The Labute approximate surface area is 240 Å². The van der Waals surface area contributed by atoms with Crippen LogP contribution in [0.4, 0.5) is 5.82 Å². The summed E-state index contributed by atoms with van der Waals surface area (Å²) in [6, 6.07) is 13.8. The molecule has 6 aromatic rings. The number of nitrogens with two attached hydrogens (primary N) is 1. The number of anilines is 1. The van der Waals surface area contributed by atoms with Gasteiger partial charge in [-0.1, -0.05) is 17.3 Å². The van der Waals surface area contributed by atoms with Crippen LogP contribution >= 0.6 is 0 Å². The third-order valence-electron chi connectivity index (χ3n) is 7.21. The van der Waals surface area contributed by atoms with Gasteiger partial charge in [0.05, 0.1) is 30.6 Å². The van der Waals surface area contributed by atoms with E-state index < -0.39 is 0 Å². The first-order chi connectivity index (χ1) is 20.2. The molecule has 0 aliphatic rings. The van der Waals surface area contributed by atoms with Gasteiger partial charge in [-0.2, -0.15) is 0 Å². The topological polar surface area (TPSA) is 161 Å². The van der Waals surface area contributed by atoms with Crippen molar-refractivity contribution in [3.8, 4) is 11.1 Å². The summed E-state index contributed by atoms with van der Waals surface area (Å²) in [6.45, 7) is 4.20. The maximum atomic E-state index is 12.8. The first-order valence-electron chi connectivity index (χ1n) is 13.3. The Morgan fingerprint density at radius 1 is 1.05 bits per heavy atom. The minimum atomic E-state index is -0.250. The lowest BCUT2D eigenvalue weighted by molar-refractivity contribution is 0.0827. The van der Waals surface area contributed by atoms with Crippen molar-refractivity contribution in [3.63, 3.8) is 0 Å². The van der Waals surface area contributed by atoms with Crippen LogP contribution in [0.3, 0.4) is 0 Å². The van der Waals surface area contributed by atoms with E-state index in [0.717, 1.165) is 33.3 Å². The number of imidazole rings is 1. The number of nitrogen functional groups attached to an aromatic ring is 1. The Morgan fingerprint density at radius 3 is 2.55 bits per heavy atom. The van der Waals surface area contributed by atoms with Crippen molar-refractivity contribution >= 4 is 39.7 Å². The number of aryl methyl sites for hydroxylation is 2. The fraction of sp³-hybridized carbons (Fsp3) is 0.200. The highest BCUT2D eigenvalue weighted by Crippen LogP contribution is 2.30. The number of hydrogen-bond acceptors (Lipinski definition) is 8. The van der Waals surface area contributed by atoms with E-state index in [1.54, 1.807) is 39.2 Å². The predicted octanol–water partition coefficient (Wildman–Crippen LogP) is 3.84. The fourth-order valence-corrected chi connectivity index (χ4v) is 5.10. The number of H-pyrrole nitrogens is 1. The SMILES string of the molecule is Cc1noc(C)c1C(=O)NCc1cc2cc(-c3ccc(C(=O)N(C)C)cc3)cc(Cn3cnc4c(N)ncnc43)c2[nH]1. The van der Waals surface area contributed by atoms with E-state index in [2.05, 4.69) is 42.5 Å². The molecule has 0 radical (unpaired) electrons. The van der Waals surface area contributed by atoms with Crippen molar-refractivity contribution in [2.75, 3.05) is 19.8 Å². The molecule has 6 rings (SSSR count). The molecule has 0 saturated heterocycles. The second kappa shape index (κ2) is 10.5. The zero-order valence-corrected chi connectivity index (χ0v) is 23.6. The van der Waals surface area contributed by atoms with E-state index in [1.807, 2.05) is 34.9 Å². The Bertz CT molecular complexity index is 1950. The molecule has 4 aromatic heterocycles. The van der Waals surface area contributed by atoms with E-state index in [4.69, 9.17) is 10.3 Å². The minimum Gasteiger partial charge on any atom is -0.382 e. The highest BCUT2D eigenvalue weighted by molar-refractivity contribution is 5.96. The smallest absolute Gasteiger partial charge is 0.257 e. The predicted molar refractivity (Wildman–Crippen MR) is 158 cm³/mol. The molecule has 12 heteroatoms. The van der Waals surface area contributed by atoms with Gasteiger partial charge in [-0.25, -0.2) is 15.0 Å². The van der Waals surface area contributed by atoms with Crippen LogP contribution in [-0.2, 0) is 13.1 Å². The molecule has 2 amide bonds. The second-order valence-electron chi connectivity index (χ2n) is 10.4. The molecular weight excluding hydrogens is 534 g/mol. The third kappa shape index (κ3) is 4.83. The summed E-state index contributed by atoms with van der Waals surface area (Å²) in [5.41, 5.74) is 13.5. The summed E-state index contributed by atoms with van der Waals surface area (Å²) >= 11 is 0. The van der Waals surface area contributed by atoms with Crippen LogP contribution in [-0.4, -0.2) is 60.5 Å². The van der Waals surface area contributed by atoms with Crippen LogP contribution in [0.25, 0.3) is 33.2 Å². The molecule has 0 fully saturated rings. The van der Waals surface area contributed by atoms with Gasteiger partial charge in [-0.05, 0) is 60.9 Å². The van der Waals surface area contributed by atoms with Crippen molar-refractivity contribution in [2.24, 2.45) is 0 Å². The molecular formula is C30H29N9O3.